The summed E-state index contributed by atoms with van der Waals surface area (Å²) in [5.41, 5.74) is -3.66. The molecular formula is C9H11F3N2O4. The number of esters is 1. The minimum Gasteiger partial charge on any atom is -0.462 e. The van der Waals surface area contributed by atoms with Crippen LogP contribution in [0.5, 0.6) is 0 Å². The van der Waals surface area contributed by atoms with Gasteiger partial charge >= 0.3 is 17.9 Å². The van der Waals surface area contributed by atoms with E-state index in [2.05, 4.69) is 9.47 Å². The fourth-order valence-corrected chi connectivity index (χ4v) is 1.04. The molecule has 1 atom stereocenters. The molecule has 0 spiro atoms. The molecule has 0 bridgehead atoms. The van der Waals surface area contributed by atoms with Crippen molar-refractivity contribution in [3.8, 4) is 6.07 Å². The summed E-state index contributed by atoms with van der Waals surface area (Å²) in [6, 6.07) is 1.28. The van der Waals surface area contributed by atoms with Crippen molar-refractivity contribution in [1.82, 2.24) is 5.32 Å². The van der Waals surface area contributed by atoms with Gasteiger partial charge in [0.1, 0.15) is 6.61 Å². The normalized spacial score (nSPS) is 14.2. The molecule has 0 aliphatic heterocycles. The van der Waals surface area contributed by atoms with Gasteiger partial charge in [-0.15, -0.1) is 0 Å². The van der Waals surface area contributed by atoms with Gasteiger partial charge < -0.3 is 14.8 Å². The molecule has 0 saturated carbocycles. The van der Waals surface area contributed by atoms with Crippen LogP contribution in [0.2, 0.25) is 0 Å². The molecule has 0 aromatic carbocycles. The third-order valence-corrected chi connectivity index (χ3v) is 1.67. The Balaban J connectivity index is 5.47. The van der Waals surface area contributed by atoms with E-state index in [1.165, 1.54) is 18.3 Å². The molecule has 0 aromatic heterocycles. The van der Waals surface area contributed by atoms with E-state index in [1.54, 1.807) is 0 Å². The monoisotopic (exact) mass is 268 g/mol. The molecule has 1 N–H and O–H groups in total. The summed E-state index contributed by atoms with van der Waals surface area (Å²) in [6.45, 7) is 0.678. The van der Waals surface area contributed by atoms with Gasteiger partial charge in [-0.3, -0.25) is 4.79 Å². The van der Waals surface area contributed by atoms with Gasteiger partial charge in [-0.2, -0.15) is 18.4 Å². The van der Waals surface area contributed by atoms with Gasteiger partial charge in [0.05, 0.1) is 12.7 Å². The smallest absolute Gasteiger partial charge is 0.448 e. The maximum atomic E-state index is 12.9. The molecule has 0 radical (unpaired) electrons. The molecule has 102 valence electrons. The number of carbonyl (C=O) groups excluding carboxylic acids is 2. The predicted molar refractivity (Wildman–Crippen MR) is 50.8 cm³/mol. The van der Waals surface area contributed by atoms with E-state index in [9.17, 15) is 22.8 Å². The molecule has 0 aromatic rings. The third kappa shape index (κ3) is 3.59. The summed E-state index contributed by atoms with van der Waals surface area (Å²) in [6.07, 6.45) is -5.26. The number of nitriles is 1. The molecule has 9 heteroatoms. The number of hydrogen-bond donors (Lipinski definition) is 1. The number of halogens is 3. The van der Waals surface area contributed by atoms with E-state index in [0.29, 0.717) is 0 Å². The highest BCUT2D eigenvalue weighted by Gasteiger charge is 2.64. The first-order valence-electron chi connectivity index (χ1n) is 4.75. The van der Waals surface area contributed by atoms with Crippen LogP contribution in [0.15, 0.2) is 0 Å². The standard InChI is InChI=1S/C9H11F3N2O4/c1-3-17-7(16)8(9(10,11)12,14-6(2)15)18-5-4-13/h3,5H2,1-2H3,(H,14,15). The van der Waals surface area contributed by atoms with Crippen molar-refractivity contribution in [1.29, 1.82) is 5.26 Å². The van der Waals surface area contributed by atoms with Crippen LogP contribution >= 0.6 is 0 Å². The Morgan fingerprint density at radius 3 is 2.28 bits per heavy atom. The largest absolute Gasteiger partial charge is 0.462 e. The van der Waals surface area contributed by atoms with E-state index in [1.807, 2.05) is 0 Å². The lowest BCUT2D eigenvalue weighted by atomic mass is 10.2. The maximum absolute atomic E-state index is 12.9. The van der Waals surface area contributed by atoms with Gasteiger partial charge in [0.15, 0.2) is 0 Å². The molecule has 0 aliphatic carbocycles. The Morgan fingerprint density at radius 1 is 1.39 bits per heavy atom. The summed E-state index contributed by atoms with van der Waals surface area (Å²) in [5, 5.41) is 9.57. The molecule has 0 rings (SSSR count). The van der Waals surface area contributed by atoms with Crippen LogP contribution < -0.4 is 5.32 Å². The Kier molecular flexibility index (Phi) is 5.58. The minimum atomic E-state index is -5.26. The van der Waals surface area contributed by atoms with E-state index in [0.717, 1.165) is 6.92 Å². The van der Waals surface area contributed by atoms with Gasteiger partial charge in [-0.1, -0.05) is 0 Å². The van der Waals surface area contributed by atoms with Crippen LogP contribution in [0, 0.1) is 11.3 Å². The summed E-state index contributed by atoms with van der Waals surface area (Å²) >= 11 is 0. The van der Waals surface area contributed by atoms with E-state index in [-0.39, 0.29) is 6.61 Å². The van der Waals surface area contributed by atoms with Crippen LogP contribution in [0.3, 0.4) is 0 Å². The van der Waals surface area contributed by atoms with Crippen molar-refractivity contribution in [2.24, 2.45) is 0 Å². The molecule has 1 amide bonds. The molecule has 0 heterocycles. The van der Waals surface area contributed by atoms with Crippen molar-refractivity contribution in [3.63, 3.8) is 0 Å². The van der Waals surface area contributed by atoms with E-state index < -0.39 is 30.4 Å². The lowest BCUT2D eigenvalue weighted by molar-refractivity contribution is -0.283. The Labute approximate surface area is 101 Å². The average Bonchev–Trinajstić information content (AvgIpc) is 2.22. The number of hydrogen-bond acceptors (Lipinski definition) is 5. The zero-order chi connectivity index (χ0) is 14.4. The number of rotatable bonds is 5. The van der Waals surface area contributed by atoms with Crippen molar-refractivity contribution in [3.05, 3.63) is 0 Å². The summed E-state index contributed by atoms with van der Waals surface area (Å²) < 4.78 is 47.0. The van der Waals surface area contributed by atoms with Crippen molar-refractivity contribution < 1.29 is 32.2 Å². The Bertz CT molecular complexity index is 364. The van der Waals surface area contributed by atoms with Crippen LogP contribution in [0.25, 0.3) is 0 Å². The second-order valence-electron chi connectivity index (χ2n) is 3.03. The van der Waals surface area contributed by atoms with E-state index >= 15 is 0 Å². The van der Waals surface area contributed by atoms with Crippen molar-refractivity contribution >= 4 is 11.9 Å². The van der Waals surface area contributed by atoms with E-state index in [4.69, 9.17) is 5.26 Å². The molecular weight excluding hydrogens is 257 g/mol. The first-order valence-corrected chi connectivity index (χ1v) is 4.75. The second kappa shape index (κ2) is 6.20. The highest BCUT2D eigenvalue weighted by atomic mass is 19.4. The molecule has 6 nitrogen and oxygen atoms in total. The van der Waals surface area contributed by atoms with Crippen LogP contribution in [-0.4, -0.2) is 37.0 Å². The Hall–Kier alpha value is -1.82. The highest BCUT2D eigenvalue weighted by molar-refractivity contribution is 5.86. The SMILES string of the molecule is CCOC(=O)C(NC(C)=O)(OCC#N)C(F)(F)F. The predicted octanol–water partition coefficient (Wildman–Crippen LogP) is 0.484. The zero-order valence-corrected chi connectivity index (χ0v) is 9.63. The highest BCUT2D eigenvalue weighted by Crippen LogP contribution is 2.32. The maximum Gasteiger partial charge on any atom is 0.448 e. The Morgan fingerprint density at radius 2 is 1.94 bits per heavy atom. The number of nitrogens with zero attached hydrogens (tertiary/aromatic N) is 1. The average molecular weight is 268 g/mol. The zero-order valence-electron chi connectivity index (χ0n) is 9.63. The fraction of sp³-hybridized carbons (Fsp3) is 0.667. The van der Waals surface area contributed by atoms with Gasteiger partial charge in [-0.25, -0.2) is 4.79 Å². The molecule has 1 unspecified atom stereocenters. The fourth-order valence-electron chi connectivity index (χ4n) is 1.04. The number of amides is 1. The summed E-state index contributed by atoms with van der Waals surface area (Å²) in [5.74, 6) is -2.98. The molecule has 0 fully saturated rings. The number of carbonyl (C=O) groups is 2. The first-order chi connectivity index (χ1) is 8.21. The number of alkyl halides is 3. The van der Waals surface area contributed by atoms with Gasteiger partial charge in [-0.05, 0) is 6.92 Å². The van der Waals surface area contributed by atoms with Crippen molar-refractivity contribution in [2.45, 2.75) is 25.7 Å². The van der Waals surface area contributed by atoms with Gasteiger partial charge in [0.2, 0.25) is 5.91 Å². The topological polar surface area (TPSA) is 88.4 Å². The number of nitrogens with one attached hydrogen (secondary N) is 1. The minimum absolute atomic E-state index is 0.341. The third-order valence-electron chi connectivity index (χ3n) is 1.67. The summed E-state index contributed by atoms with van der Waals surface area (Å²) in [7, 11) is 0. The quantitative estimate of drug-likeness (QED) is 0.579. The van der Waals surface area contributed by atoms with Crippen LogP contribution in [0.1, 0.15) is 13.8 Å². The first kappa shape index (κ1) is 16.2. The lowest BCUT2D eigenvalue weighted by Crippen LogP contribution is -2.66. The molecule has 18 heavy (non-hydrogen) atoms. The lowest BCUT2D eigenvalue weighted by Gasteiger charge is -2.32. The molecule has 0 aliphatic rings. The van der Waals surface area contributed by atoms with Crippen LogP contribution in [-0.2, 0) is 19.1 Å². The summed E-state index contributed by atoms with van der Waals surface area (Å²) in [4.78, 5) is 22.2. The van der Waals surface area contributed by atoms with Gasteiger partial charge in [0, 0.05) is 6.92 Å². The van der Waals surface area contributed by atoms with Crippen molar-refractivity contribution in [2.75, 3.05) is 13.2 Å². The van der Waals surface area contributed by atoms with Gasteiger partial charge in [0.25, 0.3) is 0 Å². The van der Waals surface area contributed by atoms with Crippen LogP contribution in [0.4, 0.5) is 13.2 Å². The second-order valence-corrected chi connectivity index (χ2v) is 3.03. The number of ether oxygens (including phenoxy) is 2. The molecule has 0 saturated heterocycles.